The summed E-state index contributed by atoms with van der Waals surface area (Å²) in [5.41, 5.74) is -0.0772. The molecule has 4 aliphatic carbocycles. The fraction of sp³-hybridized carbons (Fsp3) is 1.00. The largest absolute Gasteiger partial charge is 0.396 e. The Morgan fingerprint density at radius 3 is 2.31 bits per heavy atom. The topological polar surface area (TPSA) is 101 Å². The Morgan fingerprint density at radius 2 is 1.62 bits per heavy atom. The molecule has 0 aromatic carbocycles. The predicted molar refractivity (Wildman–Crippen MR) is 125 cm³/mol. The van der Waals surface area contributed by atoms with E-state index in [9.17, 15) is 25.5 Å². The molecule has 32 heavy (non-hydrogen) atoms. The fourth-order valence-corrected chi connectivity index (χ4v) is 9.17. The highest BCUT2D eigenvalue weighted by Crippen LogP contribution is 2.68. The first kappa shape index (κ1) is 24.9. The SMILES string of the molecule is C[C@H](CO)[C@H](O)CC[C@@H](C)[C@H]1CC[C@H]2[C@@H]3C(O)CC4CC(O)CC[C@]4(C)[C@H]3CC(O)[C@]12C. The summed E-state index contributed by atoms with van der Waals surface area (Å²) in [6.45, 7) is 8.82. The Balaban J connectivity index is 1.53. The summed E-state index contributed by atoms with van der Waals surface area (Å²) < 4.78 is 0. The van der Waals surface area contributed by atoms with Crippen molar-refractivity contribution in [2.45, 2.75) is 110 Å². The van der Waals surface area contributed by atoms with Gasteiger partial charge >= 0.3 is 0 Å². The van der Waals surface area contributed by atoms with Gasteiger partial charge in [0.15, 0.2) is 0 Å². The second kappa shape index (κ2) is 9.11. The van der Waals surface area contributed by atoms with Crippen molar-refractivity contribution >= 4 is 0 Å². The molecular formula is C27H48O5. The molecule has 0 saturated heterocycles. The van der Waals surface area contributed by atoms with Gasteiger partial charge < -0.3 is 25.5 Å². The molecule has 5 heteroatoms. The first-order valence-corrected chi connectivity index (χ1v) is 13.4. The molecule has 4 rings (SSSR count). The van der Waals surface area contributed by atoms with Crippen LogP contribution in [0.5, 0.6) is 0 Å². The highest BCUT2D eigenvalue weighted by molar-refractivity contribution is 5.14. The molecule has 4 saturated carbocycles. The number of hydrogen-bond acceptors (Lipinski definition) is 5. The Labute approximate surface area is 194 Å². The van der Waals surface area contributed by atoms with Crippen LogP contribution >= 0.6 is 0 Å². The first-order valence-electron chi connectivity index (χ1n) is 13.4. The molecule has 0 radical (unpaired) electrons. The number of rotatable bonds is 6. The summed E-state index contributed by atoms with van der Waals surface area (Å²) in [6.07, 6.45) is 6.54. The molecule has 4 unspecified atom stereocenters. The monoisotopic (exact) mass is 452 g/mol. The molecule has 0 aromatic heterocycles. The Hall–Kier alpha value is -0.200. The van der Waals surface area contributed by atoms with Crippen LogP contribution in [0.25, 0.3) is 0 Å². The lowest BCUT2D eigenvalue weighted by Crippen LogP contribution is -2.62. The van der Waals surface area contributed by atoms with Gasteiger partial charge in [0.2, 0.25) is 0 Å². The molecule has 0 bridgehead atoms. The summed E-state index contributed by atoms with van der Waals surface area (Å²) in [4.78, 5) is 0. The Morgan fingerprint density at radius 1 is 0.906 bits per heavy atom. The van der Waals surface area contributed by atoms with Crippen LogP contribution in [0.15, 0.2) is 0 Å². The van der Waals surface area contributed by atoms with Crippen LogP contribution in [0.3, 0.4) is 0 Å². The zero-order valence-corrected chi connectivity index (χ0v) is 20.7. The smallest absolute Gasteiger partial charge is 0.0602 e. The van der Waals surface area contributed by atoms with Gasteiger partial charge in [-0.05, 0) is 104 Å². The third kappa shape index (κ3) is 3.88. The molecular weight excluding hydrogens is 404 g/mol. The predicted octanol–water partition coefficient (Wildman–Crippen LogP) is 3.35. The lowest BCUT2D eigenvalue weighted by atomic mass is 9.43. The molecule has 0 spiro atoms. The van der Waals surface area contributed by atoms with E-state index in [0.29, 0.717) is 36.0 Å². The minimum atomic E-state index is -0.480. The zero-order chi connectivity index (χ0) is 23.4. The molecule has 5 nitrogen and oxygen atoms in total. The Kier molecular flexibility index (Phi) is 7.09. The van der Waals surface area contributed by atoms with Gasteiger partial charge in [0.05, 0.1) is 24.4 Å². The van der Waals surface area contributed by atoms with E-state index >= 15 is 0 Å². The molecule has 0 aliphatic heterocycles. The summed E-state index contributed by atoms with van der Waals surface area (Å²) in [5, 5.41) is 52.9. The van der Waals surface area contributed by atoms with Gasteiger partial charge in [-0.2, -0.15) is 0 Å². The Bertz CT molecular complexity index is 656. The van der Waals surface area contributed by atoms with Gasteiger partial charge in [-0.1, -0.05) is 27.7 Å². The van der Waals surface area contributed by atoms with E-state index in [1.54, 1.807) is 0 Å². The average molecular weight is 453 g/mol. The van der Waals surface area contributed by atoms with E-state index in [2.05, 4.69) is 20.8 Å². The van der Waals surface area contributed by atoms with Crippen molar-refractivity contribution in [3.63, 3.8) is 0 Å². The van der Waals surface area contributed by atoms with Crippen LogP contribution in [-0.4, -0.2) is 56.6 Å². The molecule has 0 heterocycles. The highest BCUT2D eigenvalue weighted by atomic mass is 16.3. The van der Waals surface area contributed by atoms with Crippen molar-refractivity contribution in [1.82, 2.24) is 0 Å². The summed E-state index contributed by atoms with van der Waals surface area (Å²) in [5.74, 6) is 1.96. The van der Waals surface area contributed by atoms with Crippen LogP contribution < -0.4 is 0 Å². The van der Waals surface area contributed by atoms with E-state index in [4.69, 9.17) is 0 Å². The van der Waals surface area contributed by atoms with E-state index in [1.807, 2.05) is 6.92 Å². The number of aliphatic hydroxyl groups excluding tert-OH is 5. The maximum absolute atomic E-state index is 11.6. The van der Waals surface area contributed by atoms with Crippen LogP contribution in [0.2, 0.25) is 0 Å². The molecule has 5 N–H and O–H groups in total. The summed E-state index contributed by atoms with van der Waals surface area (Å²) in [7, 11) is 0. The molecule has 4 aliphatic rings. The van der Waals surface area contributed by atoms with E-state index < -0.39 is 6.10 Å². The third-order valence-electron chi connectivity index (χ3n) is 11.4. The lowest BCUT2D eigenvalue weighted by molar-refractivity contribution is -0.207. The second-order valence-electron chi connectivity index (χ2n) is 12.8. The van der Waals surface area contributed by atoms with E-state index in [1.165, 1.54) is 0 Å². The quantitative estimate of drug-likeness (QED) is 0.425. The molecule has 0 amide bonds. The number of aliphatic hydroxyl groups is 5. The standard InChI is InChI=1S/C27H48O5/c1-15(5-8-22(30)16(2)14-28)19-6-7-20-25-21(13-24(32)27(19,20)4)26(3)10-9-18(29)11-17(26)12-23(25)31/h15-25,28-32H,5-14H2,1-4H3/t15-,16-,17?,18?,19-,20+,21+,22-,23?,24?,25+,26+,27-/m1/s1. The normalized spacial score (nSPS) is 51.3. The zero-order valence-electron chi connectivity index (χ0n) is 20.7. The first-order chi connectivity index (χ1) is 15.0. The summed E-state index contributed by atoms with van der Waals surface area (Å²) in [6, 6.07) is 0. The second-order valence-corrected chi connectivity index (χ2v) is 12.8. The average Bonchev–Trinajstić information content (AvgIpc) is 3.11. The fourth-order valence-electron chi connectivity index (χ4n) is 9.17. The van der Waals surface area contributed by atoms with Gasteiger partial charge in [0.25, 0.3) is 0 Å². The molecule has 0 aromatic rings. The maximum atomic E-state index is 11.6. The van der Waals surface area contributed by atoms with Gasteiger partial charge in [0.1, 0.15) is 0 Å². The van der Waals surface area contributed by atoms with Crippen molar-refractivity contribution < 1.29 is 25.5 Å². The van der Waals surface area contributed by atoms with Crippen molar-refractivity contribution in [1.29, 1.82) is 0 Å². The van der Waals surface area contributed by atoms with Gasteiger partial charge in [-0.15, -0.1) is 0 Å². The number of hydrogen-bond donors (Lipinski definition) is 5. The number of fused-ring (bicyclic) bond motifs is 5. The van der Waals surface area contributed by atoms with Gasteiger partial charge in [-0.3, -0.25) is 0 Å². The van der Waals surface area contributed by atoms with Crippen molar-refractivity contribution in [2.75, 3.05) is 6.61 Å². The van der Waals surface area contributed by atoms with Crippen LogP contribution in [0.1, 0.15) is 85.5 Å². The van der Waals surface area contributed by atoms with E-state index in [-0.39, 0.29) is 47.6 Å². The van der Waals surface area contributed by atoms with Crippen molar-refractivity contribution in [3.05, 3.63) is 0 Å². The highest BCUT2D eigenvalue weighted by Gasteiger charge is 2.65. The van der Waals surface area contributed by atoms with Gasteiger partial charge in [-0.25, -0.2) is 0 Å². The maximum Gasteiger partial charge on any atom is 0.0602 e. The van der Waals surface area contributed by atoms with Crippen molar-refractivity contribution in [3.8, 4) is 0 Å². The van der Waals surface area contributed by atoms with Crippen LogP contribution in [0, 0.1) is 52.3 Å². The molecule has 13 atom stereocenters. The van der Waals surface area contributed by atoms with Gasteiger partial charge in [0, 0.05) is 12.5 Å². The summed E-state index contributed by atoms with van der Waals surface area (Å²) >= 11 is 0. The lowest BCUT2D eigenvalue weighted by Gasteiger charge is -2.63. The van der Waals surface area contributed by atoms with E-state index in [0.717, 1.165) is 51.4 Å². The molecule has 186 valence electrons. The third-order valence-corrected chi connectivity index (χ3v) is 11.4. The minimum absolute atomic E-state index is 0.00915. The van der Waals surface area contributed by atoms with Crippen LogP contribution in [-0.2, 0) is 0 Å². The van der Waals surface area contributed by atoms with Crippen molar-refractivity contribution in [2.24, 2.45) is 52.3 Å². The molecule has 4 fully saturated rings. The minimum Gasteiger partial charge on any atom is -0.396 e. The van der Waals surface area contributed by atoms with Crippen LogP contribution in [0.4, 0.5) is 0 Å².